The molecular formula is C18H22F3N3O2. The van der Waals surface area contributed by atoms with Crippen molar-refractivity contribution in [1.29, 1.82) is 0 Å². The lowest BCUT2D eigenvalue weighted by atomic mass is 10.1. The molecule has 0 saturated carbocycles. The van der Waals surface area contributed by atoms with Crippen molar-refractivity contribution in [3.63, 3.8) is 0 Å². The summed E-state index contributed by atoms with van der Waals surface area (Å²) in [7, 11) is 0. The number of nitrogens with zero attached hydrogens (tertiary/aromatic N) is 2. The molecule has 2 rings (SSSR count). The van der Waals surface area contributed by atoms with Gasteiger partial charge in [-0.1, -0.05) is 18.2 Å². The van der Waals surface area contributed by atoms with E-state index < -0.39 is 17.6 Å². The second-order valence-corrected chi connectivity index (χ2v) is 6.06. The smallest absolute Gasteiger partial charge is 0.352 e. The molecule has 1 fully saturated rings. The van der Waals surface area contributed by atoms with Gasteiger partial charge in [-0.25, -0.2) is 0 Å². The summed E-state index contributed by atoms with van der Waals surface area (Å²) in [6.45, 7) is 5.76. The molecular weight excluding hydrogens is 347 g/mol. The van der Waals surface area contributed by atoms with Gasteiger partial charge in [0.2, 0.25) is 5.91 Å². The van der Waals surface area contributed by atoms with E-state index in [1.165, 1.54) is 23.1 Å². The molecule has 1 aliphatic heterocycles. The molecule has 0 aromatic heterocycles. The van der Waals surface area contributed by atoms with Crippen molar-refractivity contribution in [3.05, 3.63) is 48.0 Å². The van der Waals surface area contributed by atoms with Gasteiger partial charge in [-0.15, -0.1) is 6.58 Å². The average molecular weight is 369 g/mol. The van der Waals surface area contributed by atoms with Crippen molar-refractivity contribution >= 4 is 11.8 Å². The van der Waals surface area contributed by atoms with E-state index in [0.717, 1.165) is 6.07 Å². The zero-order valence-corrected chi connectivity index (χ0v) is 14.4. The number of carbonyl (C=O) groups is 2. The molecule has 0 unspecified atom stereocenters. The molecule has 1 N–H and O–H groups in total. The number of hydrogen-bond acceptors (Lipinski definition) is 3. The summed E-state index contributed by atoms with van der Waals surface area (Å²) in [5, 5.41) is 2.68. The fraction of sp³-hybridized carbons (Fsp3) is 0.444. The summed E-state index contributed by atoms with van der Waals surface area (Å²) in [6, 6.07) is 4.82. The Hall–Kier alpha value is -2.35. The van der Waals surface area contributed by atoms with E-state index in [1.807, 2.05) is 4.90 Å². The zero-order valence-electron chi connectivity index (χ0n) is 14.4. The van der Waals surface area contributed by atoms with Gasteiger partial charge in [0.05, 0.1) is 17.7 Å². The number of nitrogens with one attached hydrogen (secondary N) is 1. The van der Waals surface area contributed by atoms with Gasteiger partial charge < -0.3 is 10.2 Å². The Morgan fingerprint density at radius 2 is 1.88 bits per heavy atom. The minimum atomic E-state index is -4.58. The molecule has 2 amide bonds. The largest absolute Gasteiger partial charge is 0.417 e. The van der Waals surface area contributed by atoms with Crippen LogP contribution in [0.3, 0.4) is 0 Å². The van der Waals surface area contributed by atoms with Gasteiger partial charge in [0.25, 0.3) is 5.91 Å². The van der Waals surface area contributed by atoms with Crippen molar-refractivity contribution in [2.75, 3.05) is 39.3 Å². The predicted octanol–water partition coefficient (Wildman–Crippen LogP) is 2.16. The van der Waals surface area contributed by atoms with Crippen molar-refractivity contribution in [1.82, 2.24) is 15.1 Å². The first-order chi connectivity index (χ1) is 12.3. The Morgan fingerprint density at radius 3 is 2.58 bits per heavy atom. The summed E-state index contributed by atoms with van der Waals surface area (Å²) < 4.78 is 39.4. The molecule has 0 bridgehead atoms. The SMILES string of the molecule is C=CCNC(=O)CN1CCCN(C(=O)c2ccccc2C(F)(F)F)CC1. The van der Waals surface area contributed by atoms with Crippen LogP contribution in [0.5, 0.6) is 0 Å². The van der Waals surface area contributed by atoms with Crippen LogP contribution in [0.4, 0.5) is 13.2 Å². The number of halogens is 3. The van der Waals surface area contributed by atoms with Gasteiger partial charge in [0.1, 0.15) is 0 Å². The van der Waals surface area contributed by atoms with Gasteiger partial charge in [-0.3, -0.25) is 14.5 Å². The highest BCUT2D eigenvalue weighted by Gasteiger charge is 2.36. The Kier molecular flexibility index (Phi) is 6.79. The number of amides is 2. The van der Waals surface area contributed by atoms with Gasteiger partial charge in [-0.2, -0.15) is 13.2 Å². The zero-order chi connectivity index (χ0) is 19.2. The first-order valence-electron chi connectivity index (χ1n) is 8.38. The van der Waals surface area contributed by atoms with Crippen molar-refractivity contribution in [2.45, 2.75) is 12.6 Å². The standard InChI is InChI=1S/C18H22F3N3O2/c1-2-8-22-16(25)13-23-9-5-10-24(12-11-23)17(26)14-6-3-4-7-15(14)18(19,20)21/h2-4,6-7H,1,5,8-13H2,(H,22,25). The third-order valence-electron chi connectivity index (χ3n) is 4.15. The summed E-state index contributed by atoms with van der Waals surface area (Å²) in [5.41, 5.74) is -1.26. The van der Waals surface area contributed by atoms with E-state index in [-0.39, 0.29) is 24.6 Å². The van der Waals surface area contributed by atoms with Gasteiger partial charge in [-0.05, 0) is 18.6 Å². The summed E-state index contributed by atoms with van der Waals surface area (Å²) >= 11 is 0. The van der Waals surface area contributed by atoms with Crippen molar-refractivity contribution in [3.8, 4) is 0 Å². The topological polar surface area (TPSA) is 52.7 Å². The molecule has 142 valence electrons. The number of alkyl halides is 3. The van der Waals surface area contributed by atoms with Crippen LogP contribution < -0.4 is 5.32 Å². The van der Waals surface area contributed by atoms with Crippen molar-refractivity contribution < 1.29 is 22.8 Å². The minimum Gasteiger partial charge on any atom is -0.352 e. The molecule has 0 atom stereocenters. The van der Waals surface area contributed by atoms with Gasteiger partial charge >= 0.3 is 6.18 Å². The number of benzene rings is 1. The van der Waals surface area contributed by atoms with Crippen LogP contribution in [0.2, 0.25) is 0 Å². The first kappa shape index (κ1) is 20.0. The fourth-order valence-electron chi connectivity index (χ4n) is 2.86. The van der Waals surface area contributed by atoms with E-state index in [2.05, 4.69) is 11.9 Å². The Morgan fingerprint density at radius 1 is 1.15 bits per heavy atom. The van der Waals surface area contributed by atoms with Crippen molar-refractivity contribution in [2.24, 2.45) is 0 Å². The molecule has 0 aliphatic carbocycles. The third-order valence-corrected chi connectivity index (χ3v) is 4.15. The molecule has 1 aromatic carbocycles. The minimum absolute atomic E-state index is 0.146. The maximum absolute atomic E-state index is 13.1. The van der Waals surface area contributed by atoms with Crippen LogP contribution in [0.15, 0.2) is 36.9 Å². The molecule has 26 heavy (non-hydrogen) atoms. The highest BCUT2D eigenvalue weighted by molar-refractivity contribution is 5.96. The number of hydrogen-bond donors (Lipinski definition) is 1. The van der Waals surface area contributed by atoms with Crippen LogP contribution >= 0.6 is 0 Å². The molecule has 1 aromatic rings. The van der Waals surface area contributed by atoms with Crippen LogP contribution in [0, 0.1) is 0 Å². The Bertz CT molecular complexity index is 661. The lowest BCUT2D eigenvalue weighted by Crippen LogP contribution is -2.40. The van der Waals surface area contributed by atoms with Crippen LogP contribution in [0.1, 0.15) is 22.3 Å². The van der Waals surface area contributed by atoms with E-state index in [4.69, 9.17) is 0 Å². The van der Waals surface area contributed by atoms with E-state index in [0.29, 0.717) is 32.6 Å². The van der Waals surface area contributed by atoms with Crippen LogP contribution in [-0.2, 0) is 11.0 Å². The maximum atomic E-state index is 13.1. The Balaban J connectivity index is 2.02. The fourth-order valence-corrected chi connectivity index (χ4v) is 2.86. The molecule has 0 spiro atoms. The normalized spacial score (nSPS) is 16.0. The summed E-state index contributed by atoms with van der Waals surface area (Å²) in [4.78, 5) is 27.7. The highest BCUT2D eigenvalue weighted by atomic mass is 19.4. The first-order valence-corrected chi connectivity index (χ1v) is 8.38. The van der Waals surface area contributed by atoms with E-state index in [9.17, 15) is 22.8 Å². The molecule has 8 heteroatoms. The number of rotatable bonds is 5. The average Bonchev–Trinajstić information content (AvgIpc) is 2.84. The highest BCUT2D eigenvalue weighted by Crippen LogP contribution is 2.32. The lowest BCUT2D eigenvalue weighted by molar-refractivity contribution is -0.138. The molecule has 5 nitrogen and oxygen atoms in total. The van der Waals surface area contributed by atoms with E-state index >= 15 is 0 Å². The van der Waals surface area contributed by atoms with Crippen LogP contribution in [0.25, 0.3) is 0 Å². The molecule has 0 radical (unpaired) electrons. The number of carbonyl (C=O) groups excluding carboxylic acids is 2. The second-order valence-electron chi connectivity index (χ2n) is 6.06. The maximum Gasteiger partial charge on any atom is 0.417 e. The lowest BCUT2D eigenvalue weighted by Gasteiger charge is -2.23. The Labute approximate surface area is 150 Å². The van der Waals surface area contributed by atoms with Crippen LogP contribution in [-0.4, -0.2) is 60.9 Å². The third kappa shape index (κ3) is 5.32. The monoisotopic (exact) mass is 369 g/mol. The molecule has 1 heterocycles. The van der Waals surface area contributed by atoms with Gasteiger partial charge in [0, 0.05) is 32.7 Å². The summed E-state index contributed by atoms with van der Waals surface area (Å²) in [6.07, 6.45) is -2.40. The quantitative estimate of drug-likeness (QED) is 0.810. The summed E-state index contributed by atoms with van der Waals surface area (Å²) in [5.74, 6) is -0.775. The van der Waals surface area contributed by atoms with Gasteiger partial charge in [0.15, 0.2) is 0 Å². The second kappa shape index (κ2) is 8.84. The van der Waals surface area contributed by atoms with E-state index in [1.54, 1.807) is 6.08 Å². The molecule has 1 saturated heterocycles. The molecule has 1 aliphatic rings. The predicted molar refractivity (Wildman–Crippen MR) is 91.6 cm³/mol.